The molecule has 2 aromatic heterocycles. The number of hydrogen-bond acceptors (Lipinski definition) is 6. The first kappa shape index (κ1) is 19.5. The Morgan fingerprint density at radius 3 is 2.83 bits per heavy atom. The standard InChI is InChI=1S/C21H21ClN2O5/c1-3-12-7-13(29-23-12)10-24(2)20(25)11-27-19-9-18-16(8-17(19)22)14-5-4-6-15(14)21(26)28-18/h7-9H,3-6,10-11H2,1-2H3. The molecule has 7 nitrogen and oxygen atoms in total. The molecule has 1 aliphatic carbocycles. The van der Waals surface area contributed by atoms with E-state index >= 15 is 0 Å². The molecule has 8 heteroatoms. The molecule has 1 aliphatic rings. The Kier molecular flexibility index (Phi) is 5.32. The quantitative estimate of drug-likeness (QED) is 0.571. The van der Waals surface area contributed by atoms with Crippen molar-refractivity contribution in [2.24, 2.45) is 0 Å². The number of carbonyl (C=O) groups is 1. The largest absolute Gasteiger partial charge is 0.482 e. The minimum atomic E-state index is -0.312. The smallest absolute Gasteiger partial charge is 0.339 e. The van der Waals surface area contributed by atoms with Crippen molar-refractivity contribution < 1.29 is 18.5 Å². The van der Waals surface area contributed by atoms with Crippen molar-refractivity contribution in [3.05, 3.63) is 56.2 Å². The maximum Gasteiger partial charge on any atom is 0.339 e. The van der Waals surface area contributed by atoms with E-state index in [-0.39, 0.29) is 18.1 Å². The number of fused-ring (bicyclic) bond motifs is 3. The summed E-state index contributed by atoms with van der Waals surface area (Å²) in [4.78, 5) is 26.0. The van der Waals surface area contributed by atoms with Gasteiger partial charge in [-0.15, -0.1) is 0 Å². The SMILES string of the molecule is CCc1cc(CN(C)C(=O)COc2cc3oc(=O)c4c(c3cc2Cl)CCC4)on1. The van der Waals surface area contributed by atoms with Gasteiger partial charge in [0.25, 0.3) is 5.91 Å². The van der Waals surface area contributed by atoms with Gasteiger partial charge < -0.3 is 18.6 Å². The summed E-state index contributed by atoms with van der Waals surface area (Å²) in [6, 6.07) is 5.15. The fourth-order valence-electron chi connectivity index (χ4n) is 3.56. The second-order valence-corrected chi connectivity index (χ2v) is 7.56. The highest BCUT2D eigenvalue weighted by Crippen LogP contribution is 2.34. The van der Waals surface area contributed by atoms with Crippen LogP contribution in [0.25, 0.3) is 11.0 Å². The van der Waals surface area contributed by atoms with Crippen LogP contribution in [0.1, 0.15) is 35.9 Å². The van der Waals surface area contributed by atoms with Crippen LogP contribution in [-0.2, 0) is 30.6 Å². The lowest BCUT2D eigenvalue weighted by molar-refractivity contribution is -0.132. The molecule has 3 aromatic rings. The number of rotatable bonds is 6. The van der Waals surface area contributed by atoms with Crippen LogP contribution < -0.4 is 10.4 Å². The van der Waals surface area contributed by atoms with Gasteiger partial charge in [0.05, 0.1) is 17.3 Å². The third-order valence-electron chi connectivity index (χ3n) is 5.17. The summed E-state index contributed by atoms with van der Waals surface area (Å²) in [6.45, 7) is 2.07. The summed E-state index contributed by atoms with van der Waals surface area (Å²) in [5, 5.41) is 5.12. The number of nitrogens with zero attached hydrogens (tertiary/aromatic N) is 2. The number of aryl methyl sites for hydroxylation is 2. The molecule has 1 amide bonds. The number of aromatic nitrogens is 1. The van der Waals surface area contributed by atoms with Gasteiger partial charge in [-0.1, -0.05) is 23.7 Å². The van der Waals surface area contributed by atoms with Crippen molar-refractivity contribution in [2.45, 2.75) is 39.2 Å². The van der Waals surface area contributed by atoms with E-state index in [1.54, 1.807) is 19.2 Å². The molecular weight excluding hydrogens is 396 g/mol. The first-order valence-corrected chi connectivity index (χ1v) is 9.93. The predicted molar refractivity (Wildman–Crippen MR) is 107 cm³/mol. The van der Waals surface area contributed by atoms with Crippen LogP contribution in [0.5, 0.6) is 5.75 Å². The lowest BCUT2D eigenvalue weighted by atomic mass is 10.1. The molecule has 1 aromatic carbocycles. The fourth-order valence-corrected chi connectivity index (χ4v) is 3.78. The molecule has 0 spiro atoms. The zero-order valence-electron chi connectivity index (χ0n) is 16.3. The molecule has 0 radical (unpaired) electrons. The van der Waals surface area contributed by atoms with E-state index in [1.165, 1.54) is 4.90 Å². The highest BCUT2D eigenvalue weighted by Gasteiger charge is 2.21. The van der Waals surface area contributed by atoms with Crippen LogP contribution in [0.3, 0.4) is 0 Å². The number of amides is 1. The molecule has 0 bridgehead atoms. The molecule has 0 N–H and O–H groups in total. The zero-order chi connectivity index (χ0) is 20.5. The number of halogens is 1. The minimum absolute atomic E-state index is 0.203. The molecule has 0 unspecified atom stereocenters. The van der Waals surface area contributed by atoms with Crippen molar-refractivity contribution in [1.29, 1.82) is 0 Å². The second-order valence-electron chi connectivity index (χ2n) is 7.16. The Morgan fingerprint density at radius 2 is 2.07 bits per heavy atom. The molecule has 152 valence electrons. The Hall–Kier alpha value is -2.80. The van der Waals surface area contributed by atoms with E-state index in [1.807, 2.05) is 13.0 Å². The highest BCUT2D eigenvalue weighted by atomic mass is 35.5. The number of carbonyl (C=O) groups excluding carboxylic acids is 1. The number of benzene rings is 1. The van der Waals surface area contributed by atoms with Gasteiger partial charge >= 0.3 is 5.63 Å². The third kappa shape index (κ3) is 3.87. The molecule has 0 aliphatic heterocycles. The topological polar surface area (TPSA) is 85.8 Å². The molecule has 0 atom stereocenters. The molecule has 0 saturated carbocycles. The summed E-state index contributed by atoms with van der Waals surface area (Å²) >= 11 is 6.36. The lowest BCUT2D eigenvalue weighted by Crippen LogP contribution is -2.30. The van der Waals surface area contributed by atoms with E-state index in [0.29, 0.717) is 28.7 Å². The van der Waals surface area contributed by atoms with E-state index in [4.69, 9.17) is 25.3 Å². The van der Waals surface area contributed by atoms with Gasteiger partial charge in [-0.05, 0) is 37.3 Å². The summed E-state index contributed by atoms with van der Waals surface area (Å²) in [5.74, 6) is 0.665. The molecular formula is C21H21ClN2O5. The predicted octanol–water partition coefficient (Wildman–Crippen LogP) is 3.52. The van der Waals surface area contributed by atoms with Crippen LogP contribution in [0.15, 0.2) is 31.9 Å². The maximum atomic E-state index is 12.4. The van der Waals surface area contributed by atoms with Gasteiger partial charge in [0.15, 0.2) is 12.4 Å². The Balaban J connectivity index is 1.47. The number of likely N-dealkylation sites (N-methyl/N-ethyl adjacent to an activating group) is 1. The zero-order valence-corrected chi connectivity index (χ0v) is 17.0. The molecule has 0 fully saturated rings. The van der Waals surface area contributed by atoms with E-state index in [2.05, 4.69) is 5.16 Å². The minimum Gasteiger partial charge on any atom is -0.482 e. The average molecular weight is 417 g/mol. The monoisotopic (exact) mass is 416 g/mol. The summed E-state index contributed by atoms with van der Waals surface area (Å²) < 4.78 is 16.3. The second kappa shape index (κ2) is 7.91. The van der Waals surface area contributed by atoms with Crippen LogP contribution >= 0.6 is 11.6 Å². The van der Waals surface area contributed by atoms with Crippen LogP contribution in [0.2, 0.25) is 5.02 Å². The van der Waals surface area contributed by atoms with Gasteiger partial charge in [0.1, 0.15) is 11.3 Å². The van der Waals surface area contributed by atoms with Gasteiger partial charge in [0, 0.05) is 30.1 Å². The van der Waals surface area contributed by atoms with Crippen LogP contribution in [0, 0.1) is 0 Å². The highest BCUT2D eigenvalue weighted by molar-refractivity contribution is 6.32. The third-order valence-corrected chi connectivity index (χ3v) is 5.46. The summed E-state index contributed by atoms with van der Waals surface area (Å²) in [6.07, 6.45) is 3.26. The van der Waals surface area contributed by atoms with E-state index < -0.39 is 0 Å². The van der Waals surface area contributed by atoms with Gasteiger partial charge in [-0.2, -0.15) is 0 Å². The van der Waals surface area contributed by atoms with Gasteiger partial charge in [-0.3, -0.25) is 4.79 Å². The maximum absolute atomic E-state index is 12.4. The Morgan fingerprint density at radius 1 is 1.28 bits per heavy atom. The van der Waals surface area contributed by atoms with Crippen LogP contribution in [0.4, 0.5) is 0 Å². The molecule has 4 rings (SSSR count). The van der Waals surface area contributed by atoms with Crippen LogP contribution in [-0.4, -0.2) is 29.6 Å². The average Bonchev–Trinajstić information content (AvgIpc) is 3.36. The van der Waals surface area contributed by atoms with E-state index in [0.717, 1.165) is 47.9 Å². The summed E-state index contributed by atoms with van der Waals surface area (Å²) in [5.41, 5.74) is 2.68. The van der Waals surface area contributed by atoms with Gasteiger partial charge in [-0.25, -0.2) is 4.79 Å². The van der Waals surface area contributed by atoms with Crippen molar-refractivity contribution in [3.8, 4) is 5.75 Å². The Labute approximate surface area is 172 Å². The van der Waals surface area contributed by atoms with Crippen molar-refractivity contribution in [1.82, 2.24) is 10.1 Å². The first-order valence-electron chi connectivity index (χ1n) is 9.55. The van der Waals surface area contributed by atoms with Crippen molar-refractivity contribution in [2.75, 3.05) is 13.7 Å². The lowest BCUT2D eigenvalue weighted by Gasteiger charge is -2.16. The normalized spacial score (nSPS) is 12.9. The Bertz CT molecular complexity index is 1130. The first-order chi connectivity index (χ1) is 14.0. The fraction of sp³-hybridized carbons (Fsp3) is 0.381. The summed E-state index contributed by atoms with van der Waals surface area (Å²) in [7, 11) is 1.66. The molecule has 29 heavy (non-hydrogen) atoms. The van der Waals surface area contributed by atoms with Gasteiger partial charge in [0.2, 0.25) is 0 Å². The molecule has 2 heterocycles. The van der Waals surface area contributed by atoms with E-state index in [9.17, 15) is 9.59 Å². The number of hydrogen-bond donors (Lipinski definition) is 0. The van der Waals surface area contributed by atoms with Crippen molar-refractivity contribution in [3.63, 3.8) is 0 Å². The molecule has 0 saturated heterocycles. The van der Waals surface area contributed by atoms with Crippen molar-refractivity contribution >= 4 is 28.5 Å². The number of ether oxygens (including phenoxy) is 1.